The fourth-order valence-corrected chi connectivity index (χ4v) is 4.09. The van der Waals surface area contributed by atoms with Crippen molar-refractivity contribution in [2.45, 2.75) is 19.8 Å². The summed E-state index contributed by atoms with van der Waals surface area (Å²) >= 11 is 11.7. The fraction of sp³-hybridized carbons (Fsp3) is 0.125. The maximum absolute atomic E-state index is 14.6. The number of benzene rings is 3. The average Bonchev–Trinajstić information content (AvgIpc) is 2.81. The Kier molecular flexibility index (Phi) is 7.03. The fourth-order valence-electron chi connectivity index (χ4n) is 3.61. The van der Waals surface area contributed by atoms with Crippen molar-refractivity contribution < 1.29 is 32.2 Å². The number of halogens is 6. The molecular formula is C24H15Cl2F4N3O4. The Balaban J connectivity index is 1.80. The molecule has 0 saturated heterocycles. The van der Waals surface area contributed by atoms with E-state index in [4.69, 9.17) is 23.2 Å². The van der Waals surface area contributed by atoms with E-state index in [0.29, 0.717) is 0 Å². The molecule has 0 spiro atoms. The van der Waals surface area contributed by atoms with Gasteiger partial charge in [0.15, 0.2) is 5.75 Å². The number of hydrogen-bond donors (Lipinski definition) is 2. The second-order valence-corrected chi connectivity index (χ2v) is 8.58. The van der Waals surface area contributed by atoms with Crippen LogP contribution in [-0.4, -0.2) is 26.9 Å². The summed E-state index contributed by atoms with van der Waals surface area (Å²) in [6.45, 7) is 1.01. The lowest BCUT2D eigenvalue weighted by Gasteiger charge is -2.17. The molecule has 2 N–H and O–H groups in total. The minimum absolute atomic E-state index is 0.0128. The Morgan fingerprint density at radius 2 is 1.78 bits per heavy atom. The van der Waals surface area contributed by atoms with Crippen LogP contribution in [-0.2, 0) is 6.54 Å². The topological polar surface area (TPSA) is 93.5 Å². The maximum atomic E-state index is 14.6. The predicted octanol–water partition coefficient (Wildman–Crippen LogP) is 6.06. The predicted molar refractivity (Wildman–Crippen MR) is 129 cm³/mol. The second-order valence-electron chi connectivity index (χ2n) is 7.77. The molecule has 0 aliphatic heterocycles. The van der Waals surface area contributed by atoms with Gasteiger partial charge in [0.1, 0.15) is 22.9 Å². The molecule has 192 valence electrons. The third kappa shape index (κ3) is 5.47. The van der Waals surface area contributed by atoms with Crippen LogP contribution in [0, 0.1) is 12.7 Å². The number of aromatic nitrogens is 2. The van der Waals surface area contributed by atoms with Crippen LogP contribution in [0.1, 0.15) is 21.7 Å². The molecular weight excluding hydrogens is 541 g/mol. The van der Waals surface area contributed by atoms with Gasteiger partial charge in [-0.15, -0.1) is 13.2 Å². The smallest absolute Gasteiger partial charge is 0.505 e. The van der Waals surface area contributed by atoms with Crippen LogP contribution in [0.2, 0.25) is 10.0 Å². The van der Waals surface area contributed by atoms with Crippen molar-refractivity contribution in [1.82, 2.24) is 9.55 Å². The van der Waals surface area contributed by atoms with Gasteiger partial charge in [-0.05, 0) is 37.3 Å². The van der Waals surface area contributed by atoms with Gasteiger partial charge >= 0.3 is 6.36 Å². The Labute approximate surface area is 215 Å². The number of aryl methyl sites for hydroxylation is 1. The van der Waals surface area contributed by atoms with Gasteiger partial charge in [0.2, 0.25) is 0 Å². The van der Waals surface area contributed by atoms with E-state index in [1.54, 1.807) is 0 Å². The molecule has 0 unspecified atom stereocenters. The summed E-state index contributed by atoms with van der Waals surface area (Å²) in [6.07, 6.45) is -4.96. The molecule has 7 nitrogen and oxygen atoms in total. The highest BCUT2D eigenvalue weighted by atomic mass is 35.5. The Bertz CT molecular complexity index is 1580. The highest BCUT2D eigenvalue weighted by Gasteiger charge is 2.32. The molecule has 13 heteroatoms. The van der Waals surface area contributed by atoms with Crippen LogP contribution < -0.4 is 15.6 Å². The first-order valence-corrected chi connectivity index (χ1v) is 11.1. The van der Waals surface area contributed by atoms with E-state index in [1.165, 1.54) is 25.1 Å². The first-order valence-electron chi connectivity index (χ1n) is 10.4. The van der Waals surface area contributed by atoms with Gasteiger partial charge in [0, 0.05) is 11.1 Å². The summed E-state index contributed by atoms with van der Waals surface area (Å²) < 4.78 is 58.2. The standard InChI is InChI=1S/C24H15Cl2F4N3O4/c1-11-31-20-16(27)6-7-17(32-22(35)13-8-14(25)21(34)15(26)9-13)19(20)23(36)33(11)10-12-4-2-3-5-18(12)37-24(28,29)30/h2-9,34H,10H2,1H3,(H,32,35). The lowest BCUT2D eigenvalue weighted by molar-refractivity contribution is -0.274. The molecule has 1 aromatic heterocycles. The van der Waals surface area contributed by atoms with Crippen molar-refractivity contribution in [3.63, 3.8) is 0 Å². The molecule has 0 radical (unpaired) electrons. The number of rotatable bonds is 5. The number of nitrogens with one attached hydrogen (secondary N) is 1. The number of aromatic hydroxyl groups is 1. The number of amides is 1. The Morgan fingerprint density at radius 1 is 1.14 bits per heavy atom. The Hall–Kier alpha value is -3.83. The number of phenolic OH excluding ortho intramolecular Hbond substituents is 1. The summed E-state index contributed by atoms with van der Waals surface area (Å²) in [6, 6.07) is 9.65. The largest absolute Gasteiger partial charge is 0.573 e. The maximum Gasteiger partial charge on any atom is 0.573 e. The number of nitrogens with zero attached hydrogens (tertiary/aromatic N) is 2. The van der Waals surface area contributed by atoms with Crippen LogP contribution in [0.5, 0.6) is 11.5 Å². The summed E-state index contributed by atoms with van der Waals surface area (Å²) in [5, 5.41) is 11.5. The van der Waals surface area contributed by atoms with Crippen LogP contribution in [0.3, 0.4) is 0 Å². The first kappa shape index (κ1) is 26.2. The normalized spacial score (nSPS) is 11.5. The van der Waals surface area contributed by atoms with Crippen LogP contribution in [0.4, 0.5) is 23.2 Å². The van der Waals surface area contributed by atoms with Gasteiger partial charge in [-0.25, -0.2) is 9.37 Å². The lowest BCUT2D eigenvalue weighted by Crippen LogP contribution is -2.27. The number of hydrogen-bond acceptors (Lipinski definition) is 5. The van der Waals surface area contributed by atoms with Gasteiger partial charge in [0.05, 0.1) is 27.7 Å². The molecule has 3 aromatic carbocycles. The van der Waals surface area contributed by atoms with E-state index < -0.39 is 35.1 Å². The van der Waals surface area contributed by atoms with Crippen molar-refractivity contribution in [2.24, 2.45) is 0 Å². The zero-order valence-corrected chi connectivity index (χ0v) is 20.2. The number of para-hydroxylation sites is 1. The van der Waals surface area contributed by atoms with Crippen molar-refractivity contribution in [1.29, 1.82) is 0 Å². The molecule has 0 bridgehead atoms. The minimum atomic E-state index is -4.96. The molecule has 0 fully saturated rings. The van der Waals surface area contributed by atoms with Gasteiger partial charge in [-0.2, -0.15) is 0 Å². The third-order valence-corrected chi connectivity index (χ3v) is 5.88. The highest BCUT2D eigenvalue weighted by molar-refractivity contribution is 6.37. The number of ether oxygens (including phenoxy) is 1. The Morgan fingerprint density at radius 3 is 2.43 bits per heavy atom. The zero-order chi connectivity index (χ0) is 27.1. The third-order valence-electron chi connectivity index (χ3n) is 5.31. The summed E-state index contributed by atoms with van der Waals surface area (Å²) in [7, 11) is 0. The van der Waals surface area contributed by atoms with E-state index in [2.05, 4.69) is 15.0 Å². The number of alkyl halides is 3. The molecule has 37 heavy (non-hydrogen) atoms. The number of anilines is 1. The average molecular weight is 556 g/mol. The number of phenols is 1. The molecule has 0 atom stereocenters. The first-order chi connectivity index (χ1) is 17.4. The molecule has 4 rings (SSSR count). The molecule has 1 amide bonds. The van der Waals surface area contributed by atoms with Crippen molar-refractivity contribution in [3.8, 4) is 11.5 Å². The van der Waals surface area contributed by atoms with Gasteiger partial charge in [0.25, 0.3) is 11.5 Å². The van der Waals surface area contributed by atoms with E-state index in [0.717, 1.165) is 34.9 Å². The summed E-state index contributed by atoms with van der Waals surface area (Å²) in [5.74, 6) is -2.57. The van der Waals surface area contributed by atoms with E-state index >= 15 is 0 Å². The molecule has 1 heterocycles. The summed E-state index contributed by atoms with van der Waals surface area (Å²) in [4.78, 5) is 30.4. The molecule has 4 aromatic rings. The van der Waals surface area contributed by atoms with Gasteiger partial charge < -0.3 is 15.2 Å². The van der Waals surface area contributed by atoms with Crippen LogP contribution in [0.25, 0.3) is 10.9 Å². The zero-order valence-electron chi connectivity index (χ0n) is 18.7. The lowest BCUT2D eigenvalue weighted by atomic mass is 10.1. The SMILES string of the molecule is Cc1nc2c(F)ccc(NC(=O)c3cc(Cl)c(O)c(Cl)c3)c2c(=O)n1Cc1ccccc1OC(F)(F)F. The van der Waals surface area contributed by atoms with Crippen LogP contribution in [0.15, 0.2) is 53.3 Å². The molecule has 0 aliphatic rings. The van der Waals surface area contributed by atoms with Crippen molar-refractivity contribution in [3.05, 3.63) is 91.7 Å². The van der Waals surface area contributed by atoms with Crippen LogP contribution >= 0.6 is 23.2 Å². The quantitative estimate of drug-likeness (QED) is 0.292. The van der Waals surface area contributed by atoms with E-state index in [-0.39, 0.29) is 50.1 Å². The highest BCUT2D eigenvalue weighted by Crippen LogP contribution is 2.33. The van der Waals surface area contributed by atoms with E-state index in [1.807, 2.05) is 0 Å². The summed E-state index contributed by atoms with van der Waals surface area (Å²) in [5.41, 5.74) is -1.34. The van der Waals surface area contributed by atoms with Gasteiger partial charge in [-0.1, -0.05) is 41.4 Å². The van der Waals surface area contributed by atoms with Crippen molar-refractivity contribution in [2.75, 3.05) is 5.32 Å². The second kappa shape index (κ2) is 9.91. The number of fused-ring (bicyclic) bond motifs is 1. The van der Waals surface area contributed by atoms with Crippen molar-refractivity contribution >= 4 is 45.7 Å². The molecule has 0 saturated carbocycles. The minimum Gasteiger partial charge on any atom is -0.505 e. The van der Waals surface area contributed by atoms with E-state index in [9.17, 15) is 32.3 Å². The van der Waals surface area contributed by atoms with Gasteiger partial charge in [-0.3, -0.25) is 14.2 Å². The number of carbonyl (C=O) groups is 1. The molecule has 0 aliphatic carbocycles. The number of carbonyl (C=O) groups excluding carboxylic acids is 1. The monoisotopic (exact) mass is 555 g/mol.